The van der Waals surface area contributed by atoms with E-state index < -0.39 is 0 Å². The molecule has 190 valence electrons. The summed E-state index contributed by atoms with van der Waals surface area (Å²) in [5, 5.41) is 12.9. The normalized spacial score (nSPS) is 11.9. The first-order chi connectivity index (χ1) is 20.4. The van der Waals surface area contributed by atoms with Gasteiger partial charge in [-0.15, -0.1) is 0 Å². The van der Waals surface area contributed by atoms with Crippen molar-refractivity contribution in [2.24, 2.45) is 0 Å². The molecule has 1 aromatic heterocycles. The number of hydrogen-bond acceptors (Lipinski definition) is 0. The first-order valence-electron chi connectivity index (χ1n) is 14.2. The van der Waals surface area contributed by atoms with Crippen molar-refractivity contribution in [2.45, 2.75) is 0 Å². The molecule has 1 heterocycles. The number of nitrogens with zero attached hydrogens (tertiary/aromatic N) is 1. The fraction of sp³-hybridized carbons (Fsp3) is 0. The van der Waals surface area contributed by atoms with Gasteiger partial charge in [-0.2, -0.15) is 0 Å². The van der Waals surface area contributed by atoms with E-state index in [0.29, 0.717) is 0 Å². The predicted molar refractivity (Wildman–Crippen MR) is 176 cm³/mol. The summed E-state index contributed by atoms with van der Waals surface area (Å²) in [7, 11) is 0. The SMILES string of the molecule is c1ccc2c(-c3ccc(-n4c5ccccc5c5ccccc54)cc3)c3c4ccccc4c4ccccc4c3cc2c1. The fourth-order valence-electron chi connectivity index (χ4n) is 7.01. The molecule has 0 aliphatic carbocycles. The second-order valence-electron chi connectivity index (χ2n) is 10.9. The van der Waals surface area contributed by atoms with Gasteiger partial charge in [0.05, 0.1) is 11.0 Å². The van der Waals surface area contributed by atoms with E-state index in [0.717, 1.165) is 0 Å². The summed E-state index contributed by atoms with van der Waals surface area (Å²) in [6.45, 7) is 0. The van der Waals surface area contributed by atoms with Crippen molar-refractivity contribution >= 4 is 64.9 Å². The van der Waals surface area contributed by atoms with Gasteiger partial charge < -0.3 is 4.57 Å². The van der Waals surface area contributed by atoms with E-state index in [1.165, 1.54) is 81.7 Å². The van der Waals surface area contributed by atoms with Crippen LogP contribution in [0.5, 0.6) is 0 Å². The fourth-order valence-corrected chi connectivity index (χ4v) is 7.01. The summed E-state index contributed by atoms with van der Waals surface area (Å²) >= 11 is 0. The largest absolute Gasteiger partial charge is 0.309 e. The molecule has 41 heavy (non-hydrogen) atoms. The Balaban J connectivity index is 1.37. The number of aromatic nitrogens is 1. The molecule has 0 saturated carbocycles. The first-order valence-corrected chi connectivity index (χ1v) is 14.2. The Morgan fingerprint density at radius 2 is 0.805 bits per heavy atom. The summed E-state index contributed by atoms with van der Waals surface area (Å²) in [4.78, 5) is 0. The van der Waals surface area contributed by atoms with Gasteiger partial charge in [0.1, 0.15) is 0 Å². The highest BCUT2D eigenvalue weighted by Crippen LogP contribution is 2.44. The predicted octanol–water partition coefficient (Wildman–Crippen LogP) is 11.1. The summed E-state index contributed by atoms with van der Waals surface area (Å²) in [5.74, 6) is 0. The molecule has 0 spiro atoms. The monoisotopic (exact) mass is 519 g/mol. The number of fused-ring (bicyclic) bond motifs is 10. The molecule has 8 aromatic carbocycles. The Labute approximate surface area is 237 Å². The molecular formula is C40H25N. The van der Waals surface area contributed by atoms with Crippen LogP contribution >= 0.6 is 0 Å². The maximum absolute atomic E-state index is 2.39. The zero-order valence-electron chi connectivity index (χ0n) is 22.4. The van der Waals surface area contributed by atoms with Crippen LogP contribution in [0.4, 0.5) is 0 Å². The van der Waals surface area contributed by atoms with E-state index in [2.05, 4.69) is 156 Å². The molecule has 0 N–H and O–H groups in total. The van der Waals surface area contributed by atoms with Crippen LogP contribution < -0.4 is 0 Å². The highest BCUT2D eigenvalue weighted by molar-refractivity contribution is 6.32. The van der Waals surface area contributed by atoms with Gasteiger partial charge in [0.25, 0.3) is 0 Å². The molecule has 0 radical (unpaired) electrons. The molecule has 0 atom stereocenters. The van der Waals surface area contributed by atoms with Crippen LogP contribution in [0.3, 0.4) is 0 Å². The van der Waals surface area contributed by atoms with Crippen LogP contribution in [-0.4, -0.2) is 4.57 Å². The minimum atomic E-state index is 1.17. The van der Waals surface area contributed by atoms with Gasteiger partial charge in [0.2, 0.25) is 0 Å². The third kappa shape index (κ3) is 3.18. The smallest absolute Gasteiger partial charge is 0.0541 e. The third-order valence-electron chi connectivity index (χ3n) is 8.75. The molecule has 9 aromatic rings. The average Bonchev–Trinajstić information content (AvgIpc) is 3.38. The van der Waals surface area contributed by atoms with Gasteiger partial charge in [-0.3, -0.25) is 0 Å². The summed E-state index contributed by atoms with van der Waals surface area (Å²) in [5.41, 5.74) is 6.17. The van der Waals surface area contributed by atoms with Gasteiger partial charge in [0, 0.05) is 16.5 Å². The summed E-state index contributed by atoms with van der Waals surface area (Å²) < 4.78 is 2.39. The number of para-hydroxylation sites is 2. The van der Waals surface area contributed by atoms with Crippen molar-refractivity contribution in [3.8, 4) is 16.8 Å². The number of benzene rings is 8. The van der Waals surface area contributed by atoms with Crippen molar-refractivity contribution in [3.05, 3.63) is 152 Å². The number of hydrogen-bond donors (Lipinski definition) is 0. The highest BCUT2D eigenvalue weighted by atomic mass is 15.0. The first kappa shape index (κ1) is 22.4. The van der Waals surface area contributed by atoms with Crippen molar-refractivity contribution in [3.63, 3.8) is 0 Å². The van der Waals surface area contributed by atoms with Crippen molar-refractivity contribution in [1.29, 1.82) is 0 Å². The molecular weight excluding hydrogens is 494 g/mol. The van der Waals surface area contributed by atoms with Gasteiger partial charge >= 0.3 is 0 Å². The Morgan fingerprint density at radius 1 is 0.341 bits per heavy atom. The van der Waals surface area contributed by atoms with Crippen LogP contribution in [-0.2, 0) is 0 Å². The van der Waals surface area contributed by atoms with Crippen LogP contribution in [0.1, 0.15) is 0 Å². The van der Waals surface area contributed by atoms with Gasteiger partial charge in [0.15, 0.2) is 0 Å². The molecule has 0 unspecified atom stereocenters. The Kier molecular flexibility index (Phi) is 4.67. The highest BCUT2D eigenvalue weighted by Gasteiger charge is 2.17. The van der Waals surface area contributed by atoms with E-state index in [4.69, 9.17) is 0 Å². The van der Waals surface area contributed by atoms with Crippen LogP contribution in [0.2, 0.25) is 0 Å². The third-order valence-corrected chi connectivity index (χ3v) is 8.75. The van der Waals surface area contributed by atoms with E-state index in [1.54, 1.807) is 0 Å². The molecule has 1 heteroatoms. The van der Waals surface area contributed by atoms with Crippen LogP contribution in [0.25, 0.3) is 81.7 Å². The van der Waals surface area contributed by atoms with Gasteiger partial charge in [-0.1, -0.05) is 121 Å². The molecule has 1 nitrogen and oxygen atoms in total. The topological polar surface area (TPSA) is 4.93 Å². The molecule has 0 fully saturated rings. The standard InChI is InChI=1S/C40H25N/c1-2-12-29-27(11-1)25-36-32-15-4-3-13-30(32)31-14-5-6-18-35(31)40(36)39(29)26-21-23-28(24-22-26)41-37-19-9-7-16-33(37)34-17-8-10-20-38(34)41/h1-25H. The minimum Gasteiger partial charge on any atom is -0.309 e. The molecule has 0 saturated heterocycles. The van der Waals surface area contributed by atoms with Crippen molar-refractivity contribution < 1.29 is 0 Å². The van der Waals surface area contributed by atoms with E-state index in [9.17, 15) is 0 Å². The van der Waals surface area contributed by atoms with Crippen molar-refractivity contribution in [1.82, 2.24) is 4.57 Å². The minimum absolute atomic E-state index is 1.17. The lowest BCUT2D eigenvalue weighted by Crippen LogP contribution is -1.94. The second kappa shape index (κ2) is 8.55. The molecule has 9 rings (SSSR count). The molecule has 0 bridgehead atoms. The Morgan fingerprint density at radius 3 is 1.44 bits per heavy atom. The lowest BCUT2D eigenvalue weighted by Gasteiger charge is -2.17. The van der Waals surface area contributed by atoms with Gasteiger partial charge in [-0.25, -0.2) is 0 Å². The Hall–Kier alpha value is -5.40. The lowest BCUT2D eigenvalue weighted by molar-refractivity contribution is 1.18. The lowest BCUT2D eigenvalue weighted by atomic mass is 9.86. The Bertz CT molecular complexity index is 2410. The zero-order valence-corrected chi connectivity index (χ0v) is 22.4. The van der Waals surface area contributed by atoms with Crippen LogP contribution in [0, 0.1) is 0 Å². The van der Waals surface area contributed by atoms with E-state index in [1.807, 2.05) is 0 Å². The molecule has 0 amide bonds. The van der Waals surface area contributed by atoms with Crippen LogP contribution in [0.15, 0.2) is 152 Å². The quantitative estimate of drug-likeness (QED) is 0.158. The van der Waals surface area contributed by atoms with E-state index >= 15 is 0 Å². The number of rotatable bonds is 2. The van der Waals surface area contributed by atoms with E-state index in [-0.39, 0.29) is 0 Å². The van der Waals surface area contributed by atoms with Crippen molar-refractivity contribution in [2.75, 3.05) is 0 Å². The molecule has 0 aliphatic rings. The molecule has 0 aliphatic heterocycles. The zero-order chi connectivity index (χ0) is 26.9. The average molecular weight is 520 g/mol. The second-order valence-corrected chi connectivity index (χ2v) is 10.9. The maximum atomic E-state index is 2.39. The summed E-state index contributed by atoms with van der Waals surface area (Å²) in [6.07, 6.45) is 0. The maximum Gasteiger partial charge on any atom is 0.0541 e. The van der Waals surface area contributed by atoms with Gasteiger partial charge in [-0.05, 0) is 84.5 Å². The summed E-state index contributed by atoms with van der Waals surface area (Å²) in [6, 6.07) is 55.5.